The molecule has 4 heteroatoms. The van der Waals surface area contributed by atoms with Gasteiger partial charge < -0.3 is 14.4 Å². The Labute approximate surface area is 148 Å². The molecule has 2 heterocycles. The van der Waals surface area contributed by atoms with Crippen molar-refractivity contribution in [1.82, 2.24) is 4.90 Å². The predicted molar refractivity (Wildman–Crippen MR) is 95.4 cm³/mol. The van der Waals surface area contributed by atoms with Crippen LogP contribution in [0.25, 0.3) is 0 Å². The normalized spacial score (nSPS) is 21.2. The Morgan fingerprint density at radius 2 is 2.04 bits per heavy atom. The number of furan rings is 1. The fraction of sp³-hybridized carbons (Fsp3) is 0.476. The van der Waals surface area contributed by atoms with Gasteiger partial charge in [-0.25, -0.2) is 0 Å². The highest BCUT2D eigenvalue weighted by Gasteiger charge is 2.32. The number of aliphatic hydroxyl groups excluding tert-OH is 1. The third kappa shape index (κ3) is 3.36. The minimum atomic E-state index is -0.656. The van der Waals surface area contributed by atoms with Crippen LogP contribution in [0.3, 0.4) is 0 Å². The standard InChI is InChI=1S/C21H25NO3/c23-19(20-8-4-12-25-20)14-18-7-3-11-22(18)21(24)17-10-9-15-5-1-2-6-16(15)13-17/h4,8-10,12-13,18-19,23H,1-3,5-7,11,14H2. The Bertz CT molecular complexity index is 738. The SMILES string of the molecule is O=C(c1ccc2c(c1)CCCC2)N1CCCC1CC(O)c1ccco1. The summed E-state index contributed by atoms with van der Waals surface area (Å²) in [5.74, 6) is 0.676. The van der Waals surface area contributed by atoms with Gasteiger partial charge in [0.15, 0.2) is 0 Å². The first-order chi connectivity index (χ1) is 12.2. The summed E-state index contributed by atoms with van der Waals surface area (Å²) in [5, 5.41) is 10.4. The number of aliphatic hydroxyl groups is 1. The van der Waals surface area contributed by atoms with Crippen LogP contribution in [-0.2, 0) is 12.8 Å². The first-order valence-electron chi connectivity index (χ1n) is 9.36. The molecule has 2 aliphatic rings. The van der Waals surface area contributed by atoms with Gasteiger partial charge in [0, 0.05) is 24.6 Å². The van der Waals surface area contributed by atoms with Crippen molar-refractivity contribution in [2.45, 2.75) is 57.1 Å². The van der Waals surface area contributed by atoms with Gasteiger partial charge in [-0.3, -0.25) is 4.79 Å². The summed E-state index contributed by atoms with van der Waals surface area (Å²) >= 11 is 0. The third-order valence-electron chi connectivity index (χ3n) is 5.60. The van der Waals surface area contributed by atoms with Crippen LogP contribution in [-0.4, -0.2) is 28.5 Å². The Kier molecular flexibility index (Phi) is 4.62. The number of likely N-dealkylation sites (tertiary alicyclic amines) is 1. The van der Waals surface area contributed by atoms with E-state index in [9.17, 15) is 9.90 Å². The van der Waals surface area contributed by atoms with E-state index in [1.807, 2.05) is 11.0 Å². The van der Waals surface area contributed by atoms with E-state index < -0.39 is 6.10 Å². The largest absolute Gasteiger partial charge is 0.467 e. The molecule has 1 aliphatic carbocycles. The summed E-state index contributed by atoms with van der Waals surface area (Å²) in [7, 11) is 0. The van der Waals surface area contributed by atoms with Crippen molar-refractivity contribution < 1.29 is 14.3 Å². The fourth-order valence-corrected chi connectivity index (χ4v) is 4.24. The Hall–Kier alpha value is -2.07. The second-order valence-corrected chi connectivity index (χ2v) is 7.25. The quantitative estimate of drug-likeness (QED) is 0.919. The average molecular weight is 339 g/mol. The van der Waals surface area contributed by atoms with E-state index in [4.69, 9.17) is 4.42 Å². The van der Waals surface area contributed by atoms with E-state index >= 15 is 0 Å². The van der Waals surface area contributed by atoms with Gasteiger partial charge >= 0.3 is 0 Å². The molecule has 0 bridgehead atoms. The number of hydrogen-bond donors (Lipinski definition) is 1. The van der Waals surface area contributed by atoms with Crippen LogP contribution in [0.1, 0.15) is 65.5 Å². The summed E-state index contributed by atoms with van der Waals surface area (Å²) in [5.41, 5.74) is 3.53. The first-order valence-corrected chi connectivity index (χ1v) is 9.36. The molecule has 1 fully saturated rings. The number of nitrogens with zero attached hydrogens (tertiary/aromatic N) is 1. The molecule has 132 valence electrons. The van der Waals surface area contributed by atoms with Gasteiger partial charge in [0.25, 0.3) is 5.91 Å². The van der Waals surface area contributed by atoms with Crippen molar-refractivity contribution in [3.8, 4) is 0 Å². The zero-order valence-corrected chi connectivity index (χ0v) is 14.5. The summed E-state index contributed by atoms with van der Waals surface area (Å²) < 4.78 is 5.29. The monoisotopic (exact) mass is 339 g/mol. The van der Waals surface area contributed by atoms with E-state index in [0.29, 0.717) is 12.2 Å². The number of fused-ring (bicyclic) bond motifs is 1. The molecule has 0 spiro atoms. The maximum absolute atomic E-state index is 13.0. The summed E-state index contributed by atoms with van der Waals surface area (Å²) in [6, 6.07) is 9.84. The fourth-order valence-electron chi connectivity index (χ4n) is 4.24. The number of carbonyl (C=O) groups is 1. The van der Waals surface area contributed by atoms with Gasteiger partial charge in [-0.05, 0) is 73.9 Å². The highest BCUT2D eigenvalue weighted by atomic mass is 16.4. The maximum atomic E-state index is 13.0. The Morgan fingerprint density at radius 3 is 2.84 bits per heavy atom. The summed E-state index contributed by atoms with van der Waals surface area (Å²) in [6.07, 6.45) is 8.05. The van der Waals surface area contributed by atoms with Crippen molar-refractivity contribution >= 4 is 5.91 Å². The summed E-state index contributed by atoms with van der Waals surface area (Å²) in [4.78, 5) is 15.0. The highest BCUT2D eigenvalue weighted by molar-refractivity contribution is 5.95. The lowest BCUT2D eigenvalue weighted by Gasteiger charge is -2.27. The van der Waals surface area contributed by atoms with E-state index in [2.05, 4.69) is 12.1 Å². The van der Waals surface area contributed by atoms with Gasteiger partial charge in [-0.15, -0.1) is 0 Å². The molecule has 1 aromatic carbocycles. The third-order valence-corrected chi connectivity index (χ3v) is 5.60. The van der Waals surface area contributed by atoms with Crippen molar-refractivity contribution in [3.05, 3.63) is 59.0 Å². The van der Waals surface area contributed by atoms with Gasteiger partial charge in [-0.2, -0.15) is 0 Å². The molecule has 1 amide bonds. The number of carbonyl (C=O) groups excluding carboxylic acids is 1. The van der Waals surface area contributed by atoms with E-state index in [0.717, 1.165) is 37.8 Å². The molecular formula is C21H25NO3. The topological polar surface area (TPSA) is 53.7 Å². The number of amides is 1. The molecule has 2 unspecified atom stereocenters. The van der Waals surface area contributed by atoms with E-state index in [1.54, 1.807) is 18.4 Å². The molecular weight excluding hydrogens is 314 g/mol. The highest BCUT2D eigenvalue weighted by Crippen LogP contribution is 2.30. The van der Waals surface area contributed by atoms with Crippen molar-refractivity contribution in [3.63, 3.8) is 0 Å². The minimum absolute atomic E-state index is 0.0728. The zero-order chi connectivity index (χ0) is 17.2. The molecule has 1 aliphatic heterocycles. The van der Waals surface area contributed by atoms with Crippen molar-refractivity contribution in [2.75, 3.05) is 6.54 Å². The van der Waals surface area contributed by atoms with Crippen LogP contribution < -0.4 is 0 Å². The molecule has 2 aromatic rings. The maximum Gasteiger partial charge on any atom is 0.254 e. The van der Waals surface area contributed by atoms with Gasteiger partial charge in [0.05, 0.1) is 6.26 Å². The minimum Gasteiger partial charge on any atom is -0.467 e. The second kappa shape index (κ2) is 7.04. The Morgan fingerprint density at radius 1 is 1.20 bits per heavy atom. The van der Waals surface area contributed by atoms with Crippen LogP contribution >= 0.6 is 0 Å². The van der Waals surface area contributed by atoms with Crippen LogP contribution in [0.5, 0.6) is 0 Å². The molecule has 4 nitrogen and oxygen atoms in total. The molecule has 0 saturated carbocycles. The van der Waals surface area contributed by atoms with Crippen LogP contribution in [0.15, 0.2) is 41.0 Å². The predicted octanol–water partition coefficient (Wildman–Crippen LogP) is 3.89. The molecule has 1 N–H and O–H groups in total. The van der Waals surface area contributed by atoms with Crippen molar-refractivity contribution in [1.29, 1.82) is 0 Å². The van der Waals surface area contributed by atoms with Gasteiger partial charge in [0.1, 0.15) is 11.9 Å². The smallest absolute Gasteiger partial charge is 0.254 e. The van der Waals surface area contributed by atoms with Gasteiger partial charge in [-0.1, -0.05) is 6.07 Å². The molecule has 0 radical (unpaired) electrons. The van der Waals surface area contributed by atoms with Gasteiger partial charge in [0.2, 0.25) is 0 Å². The molecule has 4 rings (SSSR count). The zero-order valence-electron chi connectivity index (χ0n) is 14.5. The van der Waals surface area contributed by atoms with Crippen LogP contribution in [0, 0.1) is 0 Å². The summed E-state index contributed by atoms with van der Waals surface area (Å²) in [6.45, 7) is 0.769. The lowest BCUT2D eigenvalue weighted by Crippen LogP contribution is -2.36. The Balaban J connectivity index is 1.49. The van der Waals surface area contributed by atoms with E-state index in [-0.39, 0.29) is 11.9 Å². The lowest BCUT2D eigenvalue weighted by molar-refractivity contribution is 0.0641. The number of benzene rings is 1. The van der Waals surface area contributed by atoms with Crippen molar-refractivity contribution in [2.24, 2.45) is 0 Å². The van der Waals surface area contributed by atoms with E-state index in [1.165, 1.54) is 24.0 Å². The van der Waals surface area contributed by atoms with Crippen LogP contribution in [0.2, 0.25) is 0 Å². The van der Waals surface area contributed by atoms with Crippen LogP contribution in [0.4, 0.5) is 0 Å². The molecule has 2 atom stereocenters. The lowest BCUT2D eigenvalue weighted by atomic mass is 9.90. The number of aryl methyl sites for hydroxylation is 2. The number of hydrogen-bond acceptors (Lipinski definition) is 3. The molecule has 1 aromatic heterocycles. The first kappa shape index (κ1) is 16.4. The molecule has 25 heavy (non-hydrogen) atoms. The number of rotatable bonds is 4. The second-order valence-electron chi connectivity index (χ2n) is 7.25. The average Bonchev–Trinajstić information content (AvgIpc) is 3.32. The molecule has 1 saturated heterocycles.